The highest BCUT2D eigenvalue weighted by Gasteiger charge is 2.59. The molecule has 1 saturated heterocycles. The second kappa shape index (κ2) is 4.91. The van der Waals surface area contributed by atoms with Gasteiger partial charge in [0.15, 0.2) is 0 Å². The normalized spacial score (nSPS) is 25.9. The lowest BCUT2D eigenvalue weighted by molar-refractivity contribution is -0.253. The van der Waals surface area contributed by atoms with Gasteiger partial charge in [-0.25, -0.2) is 0 Å². The summed E-state index contributed by atoms with van der Waals surface area (Å²) >= 11 is 0. The van der Waals surface area contributed by atoms with Crippen molar-refractivity contribution in [2.75, 3.05) is 6.54 Å². The number of hydrogen-bond acceptors (Lipinski definition) is 3. The quantitative estimate of drug-likeness (QED) is 0.790. The Morgan fingerprint density at radius 2 is 1.85 bits per heavy atom. The maximum Gasteiger partial charge on any atom is 0.426 e. The number of aliphatic hydroxyl groups is 1. The van der Waals surface area contributed by atoms with Crippen molar-refractivity contribution in [1.29, 1.82) is 0 Å². The first-order valence-electron chi connectivity index (χ1n) is 6.24. The number of nitrogens with zero attached hydrogens (tertiary/aromatic N) is 1. The number of alkyl halides is 3. The molecule has 0 aromatic heterocycles. The first kappa shape index (κ1) is 16.7. The molecule has 0 radical (unpaired) electrons. The van der Waals surface area contributed by atoms with E-state index in [1.165, 1.54) is 13.8 Å². The molecule has 1 fully saturated rings. The van der Waals surface area contributed by atoms with Crippen molar-refractivity contribution in [3.8, 4) is 0 Å². The third-order valence-electron chi connectivity index (χ3n) is 3.98. The lowest BCUT2D eigenvalue weighted by Gasteiger charge is -2.48. The van der Waals surface area contributed by atoms with E-state index < -0.39 is 35.0 Å². The predicted molar refractivity (Wildman–Crippen MR) is 64.4 cm³/mol. The minimum atomic E-state index is -5.08. The molecule has 0 bridgehead atoms. The Morgan fingerprint density at radius 3 is 2.25 bits per heavy atom. The SMILES string of the molecule is CC1(C)C(C(N)=O)CCCN1C(=O)C(C)(O)C(F)(F)F. The van der Waals surface area contributed by atoms with Gasteiger partial charge in [0.05, 0.1) is 5.92 Å². The summed E-state index contributed by atoms with van der Waals surface area (Å²) < 4.78 is 38.3. The van der Waals surface area contributed by atoms with Crippen LogP contribution >= 0.6 is 0 Å². The zero-order valence-corrected chi connectivity index (χ0v) is 11.6. The van der Waals surface area contributed by atoms with Crippen LogP contribution in [0, 0.1) is 5.92 Å². The summed E-state index contributed by atoms with van der Waals surface area (Å²) in [4.78, 5) is 24.3. The second-order valence-corrected chi connectivity index (χ2v) is 5.78. The van der Waals surface area contributed by atoms with Gasteiger partial charge in [-0.05, 0) is 33.6 Å². The van der Waals surface area contributed by atoms with Gasteiger partial charge in [-0.1, -0.05) is 0 Å². The Bertz CT molecular complexity index is 419. The summed E-state index contributed by atoms with van der Waals surface area (Å²) in [6.07, 6.45) is -4.32. The Labute approximate surface area is 114 Å². The van der Waals surface area contributed by atoms with Crippen LogP contribution in [0.2, 0.25) is 0 Å². The van der Waals surface area contributed by atoms with E-state index in [9.17, 15) is 27.9 Å². The molecule has 3 N–H and O–H groups in total. The number of likely N-dealkylation sites (tertiary alicyclic amines) is 1. The summed E-state index contributed by atoms with van der Waals surface area (Å²) in [5.74, 6) is -2.87. The molecule has 1 heterocycles. The fraction of sp³-hybridized carbons (Fsp3) is 0.833. The van der Waals surface area contributed by atoms with E-state index in [-0.39, 0.29) is 6.54 Å². The Hall–Kier alpha value is -1.31. The van der Waals surface area contributed by atoms with Gasteiger partial charge in [-0.15, -0.1) is 0 Å². The summed E-state index contributed by atoms with van der Waals surface area (Å²) in [5.41, 5.74) is 0.586. The van der Waals surface area contributed by atoms with Gasteiger partial charge < -0.3 is 15.7 Å². The van der Waals surface area contributed by atoms with E-state index in [1.54, 1.807) is 0 Å². The highest BCUT2D eigenvalue weighted by Crippen LogP contribution is 2.38. The number of amides is 2. The van der Waals surface area contributed by atoms with Crippen LogP contribution in [0.25, 0.3) is 0 Å². The predicted octanol–water partition coefficient (Wildman–Crippen LogP) is 0.802. The molecule has 1 rings (SSSR count). The maximum absolute atomic E-state index is 12.8. The molecule has 1 aliphatic heterocycles. The average molecular weight is 296 g/mol. The Balaban J connectivity index is 3.12. The van der Waals surface area contributed by atoms with Crippen LogP contribution in [0.4, 0.5) is 13.2 Å². The van der Waals surface area contributed by atoms with E-state index in [1.807, 2.05) is 0 Å². The molecule has 0 aliphatic carbocycles. The molecular formula is C12H19F3N2O3. The van der Waals surface area contributed by atoms with Gasteiger partial charge in [0.25, 0.3) is 5.91 Å². The van der Waals surface area contributed by atoms with Gasteiger partial charge in [-0.2, -0.15) is 13.2 Å². The van der Waals surface area contributed by atoms with Crippen molar-refractivity contribution >= 4 is 11.8 Å². The van der Waals surface area contributed by atoms with E-state index in [0.717, 1.165) is 4.90 Å². The van der Waals surface area contributed by atoms with Crippen LogP contribution in [-0.2, 0) is 9.59 Å². The lowest BCUT2D eigenvalue weighted by Crippen LogP contribution is -2.65. The molecule has 2 unspecified atom stereocenters. The largest absolute Gasteiger partial charge is 0.426 e. The number of carbonyl (C=O) groups is 2. The lowest BCUT2D eigenvalue weighted by atomic mass is 9.77. The summed E-state index contributed by atoms with van der Waals surface area (Å²) in [6, 6.07) is 0. The first-order chi connectivity index (χ1) is 8.83. The maximum atomic E-state index is 12.8. The van der Waals surface area contributed by atoms with Gasteiger partial charge in [0.1, 0.15) is 0 Å². The zero-order chi connectivity index (χ0) is 15.9. The summed E-state index contributed by atoms with van der Waals surface area (Å²) in [5, 5.41) is 9.50. The number of nitrogens with two attached hydrogens (primary N) is 1. The molecule has 0 saturated carbocycles. The van der Waals surface area contributed by atoms with Crippen LogP contribution < -0.4 is 5.73 Å². The van der Waals surface area contributed by atoms with Gasteiger partial charge in [0, 0.05) is 12.1 Å². The standard InChI is InChI=1S/C12H19F3N2O3/c1-10(2)7(8(16)18)5-4-6-17(10)9(19)11(3,20)12(13,14)15/h7,20H,4-6H2,1-3H3,(H2,16,18). The molecule has 2 amide bonds. The summed E-state index contributed by atoms with van der Waals surface area (Å²) in [7, 11) is 0. The first-order valence-corrected chi connectivity index (χ1v) is 6.24. The molecule has 20 heavy (non-hydrogen) atoms. The van der Waals surface area contributed by atoms with Crippen molar-refractivity contribution < 1.29 is 27.9 Å². The second-order valence-electron chi connectivity index (χ2n) is 5.78. The van der Waals surface area contributed by atoms with Gasteiger partial charge in [-0.3, -0.25) is 9.59 Å². The monoisotopic (exact) mass is 296 g/mol. The average Bonchev–Trinajstić information content (AvgIpc) is 2.25. The fourth-order valence-electron chi connectivity index (χ4n) is 2.52. The minimum Gasteiger partial charge on any atom is -0.373 e. The molecular weight excluding hydrogens is 277 g/mol. The molecule has 116 valence electrons. The zero-order valence-electron chi connectivity index (χ0n) is 11.6. The third kappa shape index (κ3) is 2.61. The molecule has 1 aliphatic rings. The van der Waals surface area contributed by atoms with E-state index in [4.69, 9.17) is 5.73 Å². The van der Waals surface area contributed by atoms with Crippen molar-refractivity contribution in [1.82, 2.24) is 4.90 Å². The van der Waals surface area contributed by atoms with Crippen LogP contribution in [0.1, 0.15) is 33.6 Å². The number of hydrogen-bond donors (Lipinski definition) is 2. The molecule has 5 nitrogen and oxygen atoms in total. The Morgan fingerprint density at radius 1 is 1.35 bits per heavy atom. The smallest absolute Gasteiger partial charge is 0.373 e. The van der Waals surface area contributed by atoms with Crippen LogP contribution in [-0.4, -0.2) is 45.7 Å². The number of carbonyl (C=O) groups excluding carboxylic acids is 2. The Kier molecular flexibility index (Phi) is 4.11. The number of rotatable bonds is 2. The van der Waals surface area contributed by atoms with Crippen molar-refractivity contribution in [3.05, 3.63) is 0 Å². The van der Waals surface area contributed by atoms with Crippen molar-refractivity contribution in [2.45, 2.75) is 50.9 Å². The topological polar surface area (TPSA) is 83.6 Å². The highest BCUT2D eigenvalue weighted by molar-refractivity contribution is 5.87. The third-order valence-corrected chi connectivity index (χ3v) is 3.98. The van der Waals surface area contributed by atoms with Gasteiger partial charge in [0.2, 0.25) is 11.5 Å². The minimum absolute atomic E-state index is 0.0435. The van der Waals surface area contributed by atoms with Crippen molar-refractivity contribution in [3.63, 3.8) is 0 Å². The van der Waals surface area contributed by atoms with Crippen LogP contribution in [0.5, 0.6) is 0 Å². The summed E-state index contributed by atoms with van der Waals surface area (Å²) in [6.45, 7) is 3.42. The van der Waals surface area contributed by atoms with E-state index in [0.29, 0.717) is 19.8 Å². The van der Waals surface area contributed by atoms with Crippen molar-refractivity contribution in [2.24, 2.45) is 11.7 Å². The van der Waals surface area contributed by atoms with E-state index in [2.05, 4.69) is 0 Å². The van der Waals surface area contributed by atoms with Crippen LogP contribution in [0.15, 0.2) is 0 Å². The van der Waals surface area contributed by atoms with Gasteiger partial charge >= 0.3 is 6.18 Å². The fourth-order valence-corrected chi connectivity index (χ4v) is 2.52. The molecule has 0 aromatic carbocycles. The van der Waals surface area contributed by atoms with Crippen LogP contribution in [0.3, 0.4) is 0 Å². The number of piperidine rings is 1. The molecule has 0 aromatic rings. The number of primary amides is 1. The molecule has 8 heteroatoms. The highest BCUT2D eigenvalue weighted by atomic mass is 19.4. The van der Waals surface area contributed by atoms with E-state index >= 15 is 0 Å². The number of halogens is 3. The molecule has 2 atom stereocenters. The molecule has 0 spiro atoms.